The number of amides is 1. The average Bonchev–Trinajstić information content (AvgIpc) is 2.19. The zero-order valence-electron chi connectivity index (χ0n) is 8.61. The standard InChI is InChI=1S/C9H19N3O2/c1-14-7-2-4-12(5-3-7)6-8(10)9(11)13/h7-8H,2-6,10H2,1H3,(H2,11,13). The maximum Gasteiger partial charge on any atom is 0.235 e. The predicted octanol–water partition coefficient (Wildman–Crippen LogP) is -1.09. The topological polar surface area (TPSA) is 81.6 Å². The third kappa shape index (κ3) is 3.25. The summed E-state index contributed by atoms with van der Waals surface area (Å²) in [6.45, 7) is 2.42. The van der Waals surface area contributed by atoms with E-state index in [2.05, 4.69) is 4.90 Å². The summed E-state index contributed by atoms with van der Waals surface area (Å²) in [4.78, 5) is 12.9. The van der Waals surface area contributed by atoms with Gasteiger partial charge in [-0.25, -0.2) is 0 Å². The summed E-state index contributed by atoms with van der Waals surface area (Å²) >= 11 is 0. The van der Waals surface area contributed by atoms with E-state index in [1.54, 1.807) is 7.11 Å². The molecule has 0 bridgehead atoms. The van der Waals surface area contributed by atoms with E-state index in [1.165, 1.54) is 0 Å². The molecule has 1 aliphatic rings. The molecule has 0 aromatic rings. The van der Waals surface area contributed by atoms with E-state index in [0.29, 0.717) is 12.6 Å². The average molecular weight is 201 g/mol. The summed E-state index contributed by atoms with van der Waals surface area (Å²) in [7, 11) is 1.73. The number of carbonyl (C=O) groups excluding carboxylic acids is 1. The number of methoxy groups -OCH3 is 1. The van der Waals surface area contributed by atoms with Crippen LogP contribution >= 0.6 is 0 Å². The Morgan fingerprint density at radius 3 is 2.57 bits per heavy atom. The Hall–Kier alpha value is -0.650. The molecule has 1 unspecified atom stereocenters. The number of primary amides is 1. The third-order valence-corrected chi connectivity index (χ3v) is 2.69. The monoisotopic (exact) mass is 201 g/mol. The van der Waals surface area contributed by atoms with Crippen LogP contribution in [0.4, 0.5) is 0 Å². The van der Waals surface area contributed by atoms with E-state index in [-0.39, 0.29) is 0 Å². The van der Waals surface area contributed by atoms with Crippen molar-refractivity contribution in [2.24, 2.45) is 11.5 Å². The van der Waals surface area contributed by atoms with Gasteiger partial charge in [-0.3, -0.25) is 4.79 Å². The summed E-state index contributed by atoms with van der Waals surface area (Å²) in [5, 5.41) is 0. The fourth-order valence-corrected chi connectivity index (χ4v) is 1.70. The van der Waals surface area contributed by atoms with E-state index in [1.807, 2.05) is 0 Å². The van der Waals surface area contributed by atoms with Crippen molar-refractivity contribution in [3.05, 3.63) is 0 Å². The van der Waals surface area contributed by atoms with Gasteiger partial charge in [-0.05, 0) is 12.8 Å². The highest BCUT2D eigenvalue weighted by Crippen LogP contribution is 2.12. The fourth-order valence-electron chi connectivity index (χ4n) is 1.70. The third-order valence-electron chi connectivity index (χ3n) is 2.69. The number of piperidine rings is 1. The minimum absolute atomic E-state index is 0.357. The van der Waals surface area contributed by atoms with Crippen LogP contribution in [0.2, 0.25) is 0 Å². The van der Waals surface area contributed by atoms with Crippen LogP contribution in [0.3, 0.4) is 0 Å². The first-order valence-electron chi connectivity index (χ1n) is 4.93. The number of nitrogens with zero attached hydrogens (tertiary/aromatic N) is 1. The lowest BCUT2D eigenvalue weighted by Crippen LogP contribution is -2.48. The summed E-state index contributed by atoms with van der Waals surface area (Å²) in [6, 6.07) is -0.547. The molecule has 1 saturated heterocycles. The molecule has 4 N–H and O–H groups in total. The van der Waals surface area contributed by atoms with Gasteiger partial charge in [-0.1, -0.05) is 0 Å². The summed E-state index contributed by atoms with van der Waals surface area (Å²) in [6.07, 6.45) is 2.36. The van der Waals surface area contributed by atoms with Crippen LogP contribution in [-0.2, 0) is 9.53 Å². The lowest BCUT2D eigenvalue weighted by Gasteiger charge is -2.32. The highest BCUT2D eigenvalue weighted by atomic mass is 16.5. The van der Waals surface area contributed by atoms with Crippen molar-refractivity contribution in [3.8, 4) is 0 Å². The van der Waals surface area contributed by atoms with Gasteiger partial charge in [0.25, 0.3) is 0 Å². The molecule has 1 amide bonds. The van der Waals surface area contributed by atoms with Crippen LogP contribution < -0.4 is 11.5 Å². The van der Waals surface area contributed by atoms with E-state index in [9.17, 15) is 4.79 Å². The van der Waals surface area contributed by atoms with Gasteiger partial charge in [0.15, 0.2) is 0 Å². The molecule has 1 fully saturated rings. The molecule has 0 radical (unpaired) electrons. The molecule has 0 saturated carbocycles. The summed E-state index contributed by atoms with van der Waals surface area (Å²) in [5.41, 5.74) is 10.7. The number of nitrogens with two attached hydrogens (primary N) is 2. The number of carbonyl (C=O) groups is 1. The van der Waals surface area contributed by atoms with Crippen molar-refractivity contribution in [3.63, 3.8) is 0 Å². The molecule has 1 rings (SSSR count). The second kappa shape index (κ2) is 5.29. The molecule has 0 aliphatic carbocycles. The molecule has 14 heavy (non-hydrogen) atoms. The second-order valence-electron chi connectivity index (χ2n) is 3.74. The highest BCUT2D eigenvalue weighted by Gasteiger charge is 2.21. The largest absolute Gasteiger partial charge is 0.381 e. The molecule has 5 heteroatoms. The van der Waals surface area contributed by atoms with Gasteiger partial charge in [0, 0.05) is 26.7 Å². The Kier molecular flexibility index (Phi) is 4.31. The van der Waals surface area contributed by atoms with Crippen LogP contribution in [-0.4, -0.2) is 49.7 Å². The predicted molar refractivity (Wildman–Crippen MR) is 53.6 cm³/mol. The number of hydrogen-bond acceptors (Lipinski definition) is 4. The van der Waals surface area contributed by atoms with Gasteiger partial charge in [-0.15, -0.1) is 0 Å². The van der Waals surface area contributed by atoms with Gasteiger partial charge >= 0.3 is 0 Å². The molecule has 82 valence electrons. The summed E-state index contributed by atoms with van der Waals surface area (Å²) < 4.78 is 5.24. The normalized spacial score (nSPS) is 22.1. The molecule has 0 spiro atoms. The Morgan fingerprint density at radius 2 is 2.14 bits per heavy atom. The molecular weight excluding hydrogens is 182 g/mol. The van der Waals surface area contributed by atoms with Crippen molar-refractivity contribution in [1.29, 1.82) is 0 Å². The Bertz CT molecular complexity index is 190. The van der Waals surface area contributed by atoms with Crippen molar-refractivity contribution in [2.75, 3.05) is 26.7 Å². The lowest BCUT2D eigenvalue weighted by atomic mass is 10.1. The first kappa shape index (κ1) is 11.4. The zero-order valence-corrected chi connectivity index (χ0v) is 8.61. The molecule has 0 aromatic heterocycles. The van der Waals surface area contributed by atoms with Crippen LogP contribution in [0.25, 0.3) is 0 Å². The van der Waals surface area contributed by atoms with Crippen molar-refractivity contribution < 1.29 is 9.53 Å². The molecule has 0 aromatic carbocycles. The number of hydrogen-bond donors (Lipinski definition) is 2. The molecular formula is C9H19N3O2. The Balaban J connectivity index is 2.25. The number of likely N-dealkylation sites (tertiary alicyclic amines) is 1. The van der Waals surface area contributed by atoms with Gasteiger partial charge in [0.1, 0.15) is 0 Å². The maximum atomic E-state index is 10.7. The zero-order chi connectivity index (χ0) is 10.6. The minimum atomic E-state index is -0.547. The molecule has 5 nitrogen and oxygen atoms in total. The lowest BCUT2D eigenvalue weighted by molar-refractivity contribution is -0.119. The van der Waals surface area contributed by atoms with Gasteiger partial charge < -0.3 is 21.1 Å². The van der Waals surface area contributed by atoms with Crippen LogP contribution in [0.1, 0.15) is 12.8 Å². The first-order chi connectivity index (χ1) is 6.63. The van der Waals surface area contributed by atoms with Crippen LogP contribution in [0, 0.1) is 0 Å². The van der Waals surface area contributed by atoms with E-state index < -0.39 is 11.9 Å². The Morgan fingerprint density at radius 1 is 1.57 bits per heavy atom. The minimum Gasteiger partial charge on any atom is -0.381 e. The highest BCUT2D eigenvalue weighted by molar-refractivity contribution is 5.79. The number of rotatable bonds is 4. The molecule has 1 heterocycles. The smallest absolute Gasteiger partial charge is 0.235 e. The second-order valence-corrected chi connectivity index (χ2v) is 3.74. The first-order valence-corrected chi connectivity index (χ1v) is 4.93. The quantitative estimate of drug-likeness (QED) is 0.605. The van der Waals surface area contributed by atoms with Crippen molar-refractivity contribution in [1.82, 2.24) is 4.90 Å². The van der Waals surface area contributed by atoms with Crippen LogP contribution in [0.5, 0.6) is 0 Å². The SMILES string of the molecule is COC1CCN(CC(N)C(N)=O)CC1. The Labute approximate surface area is 84.4 Å². The van der Waals surface area contributed by atoms with E-state index in [0.717, 1.165) is 25.9 Å². The van der Waals surface area contributed by atoms with E-state index in [4.69, 9.17) is 16.2 Å². The van der Waals surface area contributed by atoms with Gasteiger partial charge in [-0.2, -0.15) is 0 Å². The molecule has 1 atom stereocenters. The van der Waals surface area contributed by atoms with Crippen LogP contribution in [0.15, 0.2) is 0 Å². The van der Waals surface area contributed by atoms with Crippen molar-refractivity contribution in [2.45, 2.75) is 25.0 Å². The summed E-state index contributed by atoms with van der Waals surface area (Å²) in [5.74, 6) is -0.432. The maximum absolute atomic E-state index is 10.7. The number of ether oxygens (including phenoxy) is 1. The van der Waals surface area contributed by atoms with Gasteiger partial charge in [0.05, 0.1) is 12.1 Å². The van der Waals surface area contributed by atoms with Crippen molar-refractivity contribution >= 4 is 5.91 Å². The molecule has 1 aliphatic heterocycles. The van der Waals surface area contributed by atoms with Gasteiger partial charge in [0.2, 0.25) is 5.91 Å². The fraction of sp³-hybridized carbons (Fsp3) is 0.889. The van der Waals surface area contributed by atoms with E-state index >= 15 is 0 Å².